The van der Waals surface area contributed by atoms with Gasteiger partial charge in [-0.1, -0.05) is 6.92 Å². The molecule has 12 heavy (non-hydrogen) atoms. The summed E-state index contributed by atoms with van der Waals surface area (Å²) >= 11 is 0. The van der Waals surface area contributed by atoms with Gasteiger partial charge in [0.1, 0.15) is 0 Å². The number of amides is 2. The van der Waals surface area contributed by atoms with E-state index in [4.69, 9.17) is 0 Å². The maximum Gasteiger partial charge on any atom is 0.314 e. The van der Waals surface area contributed by atoms with Crippen molar-refractivity contribution in [3.8, 4) is 0 Å². The highest BCUT2D eigenvalue weighted by Gasteiger charge is 2.05. The molecule has 0 heterocycles. The molecule has 5 heteroatoms. The van der Waals surface area contributed by atoms with Gasteiger partial charge in [0, 0.05) is 35.9 Å². The maximum atomic E-state index is 10.9. The molecule has 4 nitrogen and oxygen atoms in total. The van der Waals surface area contributed by atoms with E-state index in [1.165, 1.54) is 0 Å². The number of hydrogen-bond acceptors (Lipinski definition) is 2. The Morgan fingerprint density at radius 1 is 1.58 bits per heavy atom. The van der Waals surface area contributed by atoms with Gasteiger partial charge in [-0.25, -0.2) is 4.79 Å². The van der Waals surface area contributed by atoms with Crippen LogP contribution in [0.2, 0.25) is 0 Å². The molecule has 0 aliphatic carbocycles. The minimum atomic E-state index is -0.799. The van der Waals surface area contributed by atoms with Gasteiger partial charge in [-0.15, -0.1) is 0 Å². The molecule has 0 fully saturated rings. The van der Waals surface area contributed by atoms with Gasteiger partial charge in [0.15, 0.2) is 0 Å². The fraction of sp³-hybridized carbons (Fsp3) is 0.857. The van der Waals surface area contributed by atoms with E-state index in [9.17, 15) is 9.00 Å². The molecule has 2 N–H and O–H groups in total. The summed E-state index contributed by atoms with van der Waals surface area (Å²) < 4.78 is 10.9. The Balaban J connectivity index is 3.43. The van der Waals surface area contributed by atoms with E-state index in [2.05, 4.69) is 10.6 Å². The number of carbonyl (C=O) groups is 1. The molecule has 0 radical (unpaired) electrons. The molecule has 0 rings (SSSR count). The highest BCUT2D eigenvalue weighted by atomic mass is 32.2. The molecule has 72 valence electrons. The monoisotopic (exact) mass is 192 g/mol. The zero-order valence-corrected chi connectivity index (χ0v) is 8.53. The summed E-state index contributed by atoms with van der Waals surface area (Å²) in [7, 11) is 0.768. The van der Waals surface area contributed by atoms with Gasteiger partial charge in [0.25, 0.3) is 0 Å². The Labute approximate surface area is 75.6 Å². The van der Waals surface area contributed by atoms with Gasteiger partial charge >= 0.3 is 6.03 Å². The van der Waals surface area contributed by atoms with Gasteiger partial charge < -0.3 is 10.6 Å². The van der Waals surface area contributed by atoms with Gasteiger partial charge in [0.05, 0.1) is 0 Å². The molecule has 2 atom stereocenters. The van der Waals surface area contributed by atoms with E-state index in [1.807, 2.05) is 6.92 Å². The van der Waals surface area contributed by atoms with E-state index in [0.717, 1.165) is 6.42 Å². The summed E-state index contributed by atoms with van der Waals surface area (Å²) in [5, 5.41) is 5.22. The number of hydrogen-bond donors (Lipinski definition) is 2. The second-order valence-corrected chi connectivity index (χ2v) is 4.41. The highest BCUT2D eigenvalue weighted by molar-refractivity contribution is 7.84. The van der Waals surface area contributed by atoms with Crippen molar-refractivity contribution < 1.29 is 9.00 Å². The van der Waals surface area contributed by atoms with E-state index in [-0.39, 0.29) is 11.3 Å². The van der Waals surface area contributed by atoms with Crippen molar-refractivity contribution in [2.24, 2.45) is 0 Å². The van der Waals surface area contributed by atoms with Crippen LogP contribution >= 0.6 is 0 Å². The first-order chi connectivity index (χ1) is 5.57. The van der Waals surface area contributed by atoms with Gasteiger partial charge in [-0.05, 0) is 6.42 Å². The Bertz CT molecular complexity index is 173. The van der Waals surface area contributed by atoms with E-state index in [1.54, 1.807) is 13.3 Å². The van der Waals surface area contributed by atoms with Crippen LogP contribution in [-0.2, 0) is 10.8 Å². The summed E-state index contributed by atoms with van der Waals surface area (Å²) in [5.41, 5.74) is 0. The van der Waals surface area contributed by atoms with Gasteiger partial charge in [-0.3, -0.25) is 4.21 Å². The molecule has 0 spiro atoms. The predicted molar refractivity (Wildman–Crippen MR) is 50.6 cm³/mol. The quantitative estimate of drug-likeness (QED) is 0.662. The summed E-state index contributed by atoms with van der Waals surface area (Å²) in [6, 6.07) is -0.191. The molecule has 0 aromatic rings. The second-order valence-electron chi connectivity index (χ2n) is 2.60. The lowest BCUT2D eigenvalue weighted by Gasteiger charge is -2.08. The summed E-state index contributed by atoms with van der Waals surface area (Å²) in [6.45, 7) is 2.47. The topological polar surface area (TPSA) is 58.2 Å². The van der Waals surface area contributed by atoms with Crippen LogP contribution in [0.4, 0.5) is 4.79 Å². The fourth-order valence-corrected chi connectivity index (χ4v) is 1.09. The first-order valence-electron chi connectivity index (χ1n) is 3.85. The molecule has 0 aromatic heterocycles. The molecule has 0 saturated heterocycles. The van der Waals surface area contributed by atoms with E-state index in [0.29, 0.717) is 6.54 Å². The third-order valence-corrected chi connectivity index (χ3v) is 3.00. The Kier molecular flexibility index (Phi) is 5.70. The largest absolute Gasteiger partial charge is 0.341 e. The third-order valence-electron chi connectivity index (χ3n) is 1.63. The molecular weight excluding hydrogens is 176 g/mol. The summed E-state index contributed by atoms with van der Waals surface area (Å²) in [5.74, 6) is 0. The molecule has 0 bridgehead atoms. The first kappa shape index (κ1) is 11.4. The molecule has 0 aromatic carbocycles. The summed E-state index contributed by atoms with van der Waals surface area (Å²) in [6.07, 6.45) is 2.42. The van der Waals surface area contributed by atoms with Crippen molar-refractivity contribution in [3.63, 3.8) is 0 Å². The van der Waals surface area contributed by atoms with Crippen LogP contribution < -0.4 is 10.6 Å². The van der Waals surface area contributed by atoms with Crippen LogP contribution in [0.3, 0.4) is 0 Å². The normalized spacial score (nSPS) is 14.9. The van der Waals surface area contributed by atoms with Gasteiger partial charge in [0.2, 0.25) is 0 Å². The average molecular weight is 192 g/mol. The van der Waals surface area contributed by atoms with Crippen LogP contribution in [0.15, 0.2) is 0 Å². The average Bonchev–Trinajstić information content (AvgIpc) is 2.03. The fourth-order valence-electron chi connectivity index (χ4n) is 0.643. The first-order valence-corrected chi connectivity index (χ1v) is 5.48. The molecule has 0 aliphatic heterocycles. The number of carbonyl (C=O) groups excluding carboxylic acids is 1. The van der Waals surface area contributed by atoms with Crippen LogP contribution in [0.1, 0.15) is 13.3 Å². The maximum absolute atomic E-state index is 10.9. The molecule has 2 amide bonds. The van der Waals surface area contributed by atoms with E-state index >= 15 is 0 Å². The Morgan fingerprint density at radius 3 is 2.58 bits per heavy atom. The lowest BCUT2D eigenvalue weighted by Crippen LogP contribution is -2.34. The van der Waals surface area contributed by atoms with E-state index < -0.39 is 10.8 Å². The third kappa shape index (κ3) is 5.12. The van der Waals surface area contributed by atoms with Crippen molar-refractivity contribution in [1.29, 1.82) is 0 Å². The standard InChI is InChI=1S/C7H16N2O2S/c1-6(12(3)11)4-5-9-7(10)8-2/h6H,4-5H2,1-3H3,(H2,8,9,10). The molecular formula is C7H16N2O2S. The smallest absolute Gasteiger partial charge is 0.314 e. The molecule has 2 unspecified atom stereocenters. The second kappa shape index (κ2) is 5.99. The van der Waals surface area contributed by atoms with Gasteiger partial charge in [-0.2, -0.15) is 0 Å². The Morgan fingerprint density at radius 2 is 2.17 bits per heavy atom. The SMILES string of the molecule is CNC(=O)NCCC(C)S(C)=O. The van der Waals surface area contributed by atoms with Crippen molar-refractivity contribution in [2.45, 2.75) is 18.6 Å². The number of rotatable bonds is 4. The zero-order chi connectivity index (χ0) is 9.56. The minimum absolute atomic E-state index is 0.141. The number of nitrogens with one attached hydrogen (secondary N) is 2. The molecule has 0 aliphatic rings. The lowest BCUT2D eigenvalue weighted by molar-refractivity contribution is 0.243. The minimum Gasteiger partial charge on any atom is -0.341 e. The van der Waals surface area contributed by atoms with Crippen molar-refractivity contribution in [2.75, 3.05) is 19.8 Å². The van der Waals surface area contributed by atoms with Crippen LogP contribution in [0.5, 0.6) is 0 Å². The zero-order valence-electron chi connectivity index (χ0n) is 7.72. The van der Waals surface area contributed by atoms with Crippen LogP contribution in [0, 0.1) is 0 Å². The predicted octanol–water partition coefficient (Wildman–Crippen LogP) is 0.0725. The van der Waals surface area contributed by atoms with Crippen molar-refractivity contribution >= 4 is 16.8 Å². The lowest BCUT2D eigenvalue weighted by atomic mass is 10.3. The molecule has 0 saturated carbocycles. The Hall–Kier alpha value is -0.580. The van der Waals surface area contributed by atoms with Crippen LogP contribution in [0.25, 0.3) is 0 Å². The van der Waals surface area contributed by atoms with Crippen LogP contribution in [-0.4, -0.2) is 35.3 Å². The van der Waals surface area contributed by atoms with Crippen molar-refractivity contribution in [3.05, 3.63) is 0 Å². The highest BCUT2D eigenvalue weighted by Crippen LogP contribution is 1.96. The number of urea groups is 1. The summed E-state index contributed by atoms with van der Waals surface area (Å²) in [4.78, 5) is 10.7. The van der Waals surface area contributed by atoms with Crippen molar-refractivity contribution in [1.82, 2.24) is 10.6 Å².